The highest BCUT2D eigenvalue weighted by atomic mass is 16.6. The van der Waals surface area contributed by atoms with Gasteiger partial charge in [0.05, 0.1) is 33.5 Å². The van der Waals surface area contributed by atoms with Crippen molar-refractivity contribution in [2.75, 3.05) is 67.0 Å². The summed E-state index contributed by atoms with van der Waals surface area (Å²) in [7, 11) is 7.98. The SMILES string of the molecule is CCC1=C[C@H]2CN(C1)Cc1c([nH]c3ccc(Nc4ccc(OC)cc4)cc13)[C@@](C(=O)OC)(C1C=C3C(=CC1OC)N(C)[C@H]1[C@@](O)(C(=O)OC)[C@H](OC(C)=O)[C@]4(CC)C=CCN5CC[C@]31[C@@H]54)C2. The Morgan fingerprint density at radius 1 is 0.939 bits per heavy atom. The minimum atomic E-state index is -2.29. The molecule has 66 heavy (non-hydrogen) atoms. The van der Waals surface area contributed by atoms with Crippen LogP contribution in [0.15, 0.2) is 89.7 Å². The van der Waals surface area contributed by atoms with Gasteiger partial charge in [-0.25, -0.2) is 4.79 Å². The Bertz CT molecular complexity index is 2600. The number of nitrogens with one attached hydrogen (secondary N) is 2. The summed E-state index contributed by atoms with van der Waals surface area (Å²) in [5.41, 5.74) is 2.22. The van der Waals surface area contributed by atoms with E-state index >= 15 is 4.79 Å². The largest absolute Gasteiger partial charge is 0.497 e. The Balaban J connectivity index is 1.21. The van der Waals surface area contributed by atoms with E-state index in [9.17, 15) is 14.7 Å². The van der Waals surface area contributed by atoms with Crippen LogP contribution in [0.25, 0.3) is 10.9 Å². The third-order valence-electron chi connectivity index (χ3n) is 16.6. The molecule has 350 valence electrons. The van der Waals surface area contributed by atoms with Crippen molar-refractivity contribution in [1.82, 2.24) is 19.7 Å². The Morgan fingerprint density at radius 3 is 2.38 bits per heavy atom. The molecule has 2 saturated heterocycles. The van der Waals surface area contributed by atoms with Crippen LogP contribution in [0.3, 0.4) is 0 Å². The highest BCUT2D eigenvalue weighted by molar-refractivity contribution is 5.93. The summed E-state index contributed by atoms with van der Waals surface area (Å²) in [5, 5.41) is 18.0. The van der Waals surface area contributed by atoms with E-state index in [4.69, 9.17) is 23.7 Å². The number of esters is 3. The van der Waals surface area contributed by atoms with Crippen molar-refractivity contribution in [3.63, 3.8) is 0 Å². The van der Waals surface area contributed by atoms with Crippen molar-refractivity contribution in [2.45, 2.75) is 88.3 Å². The topological polar surface area (TPSA) is 155 Å². The van der Waals surface area contributed by atoms with Crippen LogP contribution in [-0.4, -0.2) is 134 Å². The van der Waals surface area contributed by atoms with E-state index in [-0.39, 0.29) is 17.9 Å². The number of aromatic amines is 1. The average molecular weight is 902 g/mol. The Morgan fingerprint density at radius 2 is 1.70 bits per heavy atom. The summed E-state index contributed by atoms with van der Waals surface area (Å²) in [6.07, 6.45) is 11.4. The highest BCUT2D eigenvalue weighted by Gasteiger charge is 2.81. The number of nitrogens with zero attached hydrogens (tertiary/aromatic N) is 3. The normalized spacial score (nSPS) is 35.2. The number of hydrogen-bond acceptors (Lipinski definition) is 13. The van der Waals surface area contributed by atoms with Crippen molar-refractivity contribution in [3.8, 4) is 5.75 Å². The van der Waals surface area contributed by atoms with Gasteiger partial charge in [0.25, 0.3) is 0 Å². The number of likely N-dealkylation sites (tertiary alicyclic amines) is 1. The number of hydrogen-bond donors (Lipinski definition) is 3. The van der Waals surface area contributed by atoms with Crippen molar-refractivity contribution in [3.05, 3.63) is 101 Å². The molecule has 2 aliphatic carbocycles. The van der Waals surface area contributed by atoms with Crippen LogP contribution in [0.1, 0.15) is 57.7 Å². The number of benzene rings is 2. The van der Waals surface area contributed by atoms with Gasteiger partial charge < -0.3 is 44.0 Å². The first-order valence-electron chi connectivity index (χ1n) is 23.4. The molecule has 0 radical (unpaired) electrons. The van der Waals surface area contributed by atoms with Crippen molar-refractivity contribution < 1.29 is 43.2 Å². The molecule has 11 atom stereocenters. The summed E-state index contributed by atoms with van der Waals surface area (Å²) in [5.74, 6) is -1.63. The Labute approximate surface area is 386 Å². The van der Waals surface area contributed by atoms with Crippen LogP contribution in [-0.2, 0) is 45.3 Å². The van der Waals surface area contributed by atoms with Crippen LogP contribution in [0.4, 0.5) is 11.4 Å². The van der Waals surface area contributed by atoms with Crippen molar-refractivity contribution in [2.24, 2.45) is 22.7 Å². The molecule has 14 nitrogen and oxygen atoms in total. The van der Waals surface area contributed by atoms with Gasteiger partial charge >= 0.3 is 17.9 Å². The molecule has 2 bridgehead atoms. The molecule has 1 aromatic heterocycles. The van der Waals surface area contributed by atoms with Gasteiger partial charge in [0.1, 0.15) is 11.2 Å². The molecular weight excluding hydrogens is 839 g/mol. The number of carbonyl (C=O) groups is 3. The second-order valence-corrected chi connectivity index (χ2v) is 19.6. The summed E-state index contributed by atoms with van der Waals surface area (Å²) in [6.45, 7) is 9.10. The lowest BCUT2D eigenvalue weighted by Gasteiger charge is -2.63. The smallest absolute Gasteiger partial charge is 0.344 e. The van der Waals surface area contributed by atoms with Crippen LogP contribution in [0, 0.1) is 22.7 Å². The summed E-state index contributed by atoms with van der Waals surface area (Å²) in [4.78, 5) is 53.9. The minimum absolute atomic E-state index is 0.0138. The zero-order chi connectivity index (χ0) is 46.5. The fourth-order valence-electron chi connectivity index (χ4n) is 14.3. The fourth-order valence-corrected chi connectivity index (χ4v) is 14.3. The van der Waals surface area contributed by atoms with E-state index in [2.05, 4.69) is 69.5 Å². The third-order valence-corrected chi connectivity index (χ3v) is 16.6. The first kappa shape index (κ1) is 44.4. The zero-order valence-electron chi connectivity index (χ0n) is 39.3. The van der Waals surface area contributed by atoms with E-state index in [0.717, 1.165) is 70.1 Å². The maximum absolute atomic E-state index is 15.5. The molecule has 10 rings (SSSR count). The molecular formula is C52H63N5O9. The maximum Gasteiger partial charge on any atom is 0.344 e. The quantitative estimate of drug-likeness (QED) is 0.121. The van der Waals surface area contributed by atoms with Crippen LogP contribution >= 0.6 is 0 Å². The number of H-pyrrole nitrogens is 1. The second-order valence-electron chi connectivity index (χ2n) is 19.6. The number of aromatic nitrogens is 1. The molecule has 3 aromatic rings. The van der Waals surface area contributed by atoms with E-state index < -0.39 is 58.0 Å². The average Bonchev–Trinajstić information content (AvgIpc) is 3.97. The lowest BCUT2D eigenvalue weighted by Crippen LogP contribution is -2.79. The van der Waals surface area contributed by atoms with Crippen LogP contribution in [0.2, 0.25) is 0 Å². The Hall–Kier alpha value is -5.41. The van der Waals surface area contributed by atoms with Crippen LogP contribution in [0.5, 0.6) is 5.75 Å². The van der Waals surface area contributed by atoms with E-state index in [1.54, 1.807) is 14.2 Å². The number of carbonyl (C=O) groups excluding carboxylic acids is 3. The zero-order valence-corrected chi connectivity index (χ0v) is 39.3. The molecule has 1 saturated carbocycles. The molecule has 1 spiro atoms. The number of likely N-dealkylation sites (N-methyl/N-ethyl adjacent to an activating group) is 1. The summed E-state index contributed by atoms with van der Waals surface area (Å²) in [6, 6.07) is 12.9. The van der Waals surface area contributed by atoms with Gasteiger partial charge in [-0.05, 0) is 97.8 Å². The van der Waals surface area contributed by atoms with Crippen molar-refractivity contribution in [1.29, 1.82) is 0 Å². The molecule has 3 unspecified atom stereocenters. The predicted molar refractivity (Wildman–Crippen MR) is 249 cm³/mol. The van der Waals surface area contributed by atoms with Gasteiger partial charge in [-0.1, -0.05) is 43.7 Å². The first-order valence-corrected chi connectivity index (χ1v) is 23.4. The standard InChI is InChI=1S/C52H63N5O9/c1-9-31-22-32-26-51(47(59)64-7,43-37(29-56(27-31)28-32)36-23-34(14-17-40(36)54-43)53-33-12-15-35(62-5)16-13-33)39-24-38-41(25-42(39)63-6)55(4)45-50(38)19-21-57-20-11-18-49(10-2,44(50)57)46(66-30(3)58)52(45,61)48(60)65-8/h11-18,22-25,32,39,42,44-46,53-54,61H,9-10,19-21,26-29H2,1-8H3/t32-,39?,42?,44+,45-,46-,49-,50-,51+,52+/m1/s1. The van der Waals surface area contributed by atoms with Crippen molar-refractivity contribution >= 4 is 40.2 Å². The molecule has 5 aliphatic heterocycles. The van der Waals surface area contributed by atoms with Crippen LogP contribution < -0.4 is 10.1 Å². The Kier molecular flexibility index (Phi) is 10.9. The monoisotopic (exact) mass is 901 g/mol. The van der Waals surface area contributed by atoms with Gasteiger partial charge in [0.2, 0.25) is 5.60 Å². The van der Waals surface area contributed by atoms with Gasteiger partial charge in [0, 0.05) is 104 Å². The number of allylic oxidation sites excluding steroid dienone is 1. The summed E-state index contributed by atoms with van der Waals surface area (Å²) >= 11 is 0. The summed E-state index contributed by atoms with van der Waals surface area (Å²) < 4.78 is 29.7. The molecule has 14 heteroatoms. The second kappa shape index (κ2) is 16.1. The van der Waals surface area contributed by atoms with Gasteiger partial charge in [-0.3, -0.25) is 19.4 Å². The van der Waals surface area contributed by atoms with E-state index in [0.29, 0.717) is 38.9 Å². The number of aliphatic hydroxyl groups is 1. The fraction of sp³-hybridized carbons (Fsp3) is 0.519. The van der Waals surface area contributed by atoms with E-state index in [1.807, 2.05) is 49.2 Å². The first-order chi connectivity index (χ1) is 31.8. The van der Waals surface area contributed by atoms with Gasteiger partial charge in [-0.2, -0.15) is 0 Å². The minimum Gasteiger partial charge on any atom is -0.497 e. The maximum atomic E-state index is 15.5. The lowest BCUT2D eigenvalue weighted by atomic mass is 9.47. The lowest BCUT2D eigenvalue weighted by molar-refractivity contribution is -0.243. The number of ether oxygens (including phenoxy) is 5. The number of anilines is 2. The number of methoxy groups -OCH3 is 4. The molecule has 2 aromatic carbocycles. The molecule has 3 fully saturated rings. The molecule has 3 N–H and O–H groups in total. The molecule has 0 amide bonds. The number of fused-ring (bicyclic) bond motifs is 6. The third kappa shape index (κ3) is 6.09. The van der Waals surface area contributed by atoms with Gasteiger partial charge in [-0.15, -0.1) is 0 Å². The molecule has 7 aliphatic rings. The van der Waals surface area contributed by atoms with E-state index in [1.165, 1.54) is 26.7 Å². The molecule has 6 heterocycles. The highest BCUT2D eigenvalue weighted by Crippen LogP contribution is 2.70. The number of rotatable bonds is 10. The predicted octanol–water partition coefficient (Wildman–Crippen LogP) is 6.15. The van der Waals surface area contributed by atoms with Gasteiger partial charge in [0.15, 0.2) is 6.10 Å².